The van der Waals surface area contributed by atoms with Gasteiger partial charge < -0.3 is 14.8 Å². The highest BCUT2D eigenvalue weighted by molar-refractivity contribution is 5.99. The van der Waals surface area contributed by atoms with Gasteiger partial charge in [-0.15, -0.1) is 0 Å². The van der Waals surface area contributed by atoms with Gasteiger partial charge in [0.15, 0.2) is 6.10 Å². The molecule has 0 saturated heterocycles. The number of ether oxygens (including phenoxy) is 2. The minimum atomic E-state index is -1.17. The van der Waals surface area contributed by atoms with Crippen LogP contribution in [0.5, 0.6) is 5.75 Å². The Morgan fingerprint density at radius 2 is 1.79 bits per heavy atom. The van der Waals surface area contributed by atoms with Gasteiger partial charge in [-0.2, -0.15) is 0 Å². The molecule has 152 valence electrons. The summed E-state index contributed by atoms with van der Waals surface area (Å²) >= 11 is 0. The van der Waals surface area contributed by atoms with Crippen molar-refractivity contribution in [3.05, 3.63) is 65.5 Å². The molecule has 1 unspecified atom stereocenters. The molecule has 3 amide bonds. The number of rotatable bonds is 7. The second-order valence-electron chi connectivity index (χ2n) is 6.70. The number of carbonyl (C=O) groups excluding carboxylic acids is 3. The van der Waals surface area contributed by atoms with E-state index in [0.29, 0.717) is 0 Å². The van der Waals surface area contributed by atoms with Crippen molar-refractivity contribution in [2.24, 2.45) is 0 Å². The maximum atomic E-state index is 13.0. The smallest absolute Gasteiger partial charge is 0.342 e. The summed E-state index contributed by atoms with van der Waals surface area (Å²) in [5, 5.41) is 4.76. The average Bonchev–Trinajstić information content (AvgIpc) is 3.51. The average molecular weight is 400 g/mol. The third kappa shape index (κ3) is 6.03. The summed E-state index contributed by atoms with van der Waals surface area (Å²) in [5.74, 6) is -1.57. The van der Waals surface area contributed by atoms with Crippen molar-refractivity contribution in [3.63, 3.8) is 0 Å². The molecule has 0 aromatic heterocycles. The fourth-order valence-electron chi connectivity index (χ4n) is 2.44. The van der Waals surface area contributed by atoms with Crippen LogP contribution in [0.3, 0.4) is 0 Å². The summed E-state index contributed by atoms with van der Waals surface area (Å²) in [6.45, 7) is 1.50. The van der Waals surface area contributed by atoms with Gasteiger partial charge in [-0.3, -0.25) is 10.1 Å². The van der Waals surface area contributed by atoms with Gasteiger partial charge in [0.1, 0.15) is 23.7 Å². The lowest BCUT2D eigenvalue weighted by Gasteiger charge is -2.15. The maximum absolute atomic E-state index is 13.0. The van der Waals surface area contributed by atoms with E-state index in [9.17, 15) is 18.8 Å². The molecule has 0 bridgehead atoms. The molecule has 8 heteroatoms. The quantitative estimate of drug-likeness (QED) is 0.697. The Labute approximate surface area is 167 Å². The van der Waals surface area contributed by atoms with Crippen LogP contribution < -0.4 is 15.4 Å². The lowest BCUT2D eigenvalue weighted by atomic mass is 10.2. The Morgan fingerprint density at radius 3 is 2.48 bits per heavy atom. The van der Waals surface area contributed by atoms with Crippen LogP contribution in [-0.4, -0.2) is 30.1 Å². The van der Waals surface area contributed by atoms with Crippen LogP contribution in [0, 0.1) is 5.82 Å². The fourth-order valence-corrected chi connectivity index (χ4v) is 2.44. The second-order valence-corrected chi connectivity index (χ2v) is 6.70. The zero-order valence-corrected chi connectivity index (χ0v) is 15.8. The molecule has 1 aliphatic rings. The third-order valence-electron chi connectivity index (χ3n) is 4.22. The molecule has 3 rings (SSSR count). The normalized spacial score (nSPS) is 13.9. The molecular formula is C21H21FN2O5. The molecule has 2 N–H and O–H groups in total. The number of hydrogen-bond acceptors (Lipinski definition) is 5. The lowest BCUT2D eigenvalue weighted by Crippen LogP contribution is -2.45. The largest absolute Gasteiger partial charge is 0.488 e. The first-order chi connectivity index (χ1) is 13.9. The highest BCUT2D eigenvalue weighted by Gasteiger charge is 2.26. The van der Waals surface area contributed by atoms with Gasteiger partial charge in [0.2, 0.25) is 0 Å². The van der Waals surface area contributed by atoms with Crippen LogP contribution in [0.4, 0.5) is 9.18 Å². The SMILES string of the molecule is CC(OC(=O)c1ccccc1OCc1ccc(F)cc1)C(=O)NC(=O)NC1CC1. The Morgan fingerprint density at radius 1 is 1.10 bits per heavy atom. The van der Waals surface area contributed by atoms with Crippen LogP contribution in [0.1, 0.15) is 35.7 Å². The van der Waals surface area contributed by atoms with E-state index in [1.807, 2.05) is 0 Å². The molecule has 0 spiro atoms. The predicted octanol–water partition coefficient (Wildman–Crippen LogP) is 2.94. The summed E-state index contributed by atoms with van der Waals surface area (Å²) in [6.07, 6.45) is 0.611. The van der Waals surface area contributed by atoms with Gasteiger partial charge in [-0.25, -0.2) is 14.0 Å². The molecule has 1 saturated carbocycles. The first-order valence-electron chi connectivity index (χ1n) is 9.21. The molecule has 29 heavy (non-hydrogen) atoms. The highest BCUT2D eigenvalue weighted by atomic mass is 19.1. The van der Waals surface area contributed by atoms with Crippen molar-refractivity contribution in [2.75, 3.05) is 0 Å². The summed E-state index contributed by atoms with van der Waals surface area (Å²) in [6, 6.07) is 11.7. The van der Waals surface area contributed by atoms with Gasteiger partial charge in [0, 0.05) is 6.04 Å². The van der Waals surface area contributed by atoms with Crippen molar-refractivity contribution in [1.82, 2.24) is 10.6 Å². The van der Waals surface area contributed by atoms with Crippen molar-refractivity contribution in [3.8, 4) is 5.75 Å². The molecule has 2 aromatic carbocycles. The van der Waals surface area contributed by atoms with Gasteiger partial charge in [-0.05, 0) is 49.6 Å². The summed E-state index contributed by atoms with van der Waals surface area (Å²) < 4.78 is 23.8. The number of carbonyl (C=O) groups is 3. The first-order valence-corrected chi connectivity index (χ1v) is 9.21. The standard InChI is InChI=1S/C21H21FN2O5/c1-13(19(25)24-21(27)23-16-10-11-16)29-20(26)17-4-2-3-5-18(17)28-12-14-6-8-15(22)9-7-14/h2-9,13,16H,10-12H2,1H3,(H2,23,24,25,27). The summed E-state index contributed by atoms with van der Waals surface area (Å²) in [5.41, 5.74) is 0.862. The van der Waals surface area contributed by atoms with Gasteiger partial charge in [0.05, 0.1) is 0 Å². The van der Waals surface area contributed by atoms with Crippen LogP contribution in [0.25, 0.3) is 0 Å². The van der Waals surface area contributed by atoms with Crippen molar-refractivity contribution >= 4 is 17.9 Å². The number of amides is 3. The van der Waals surface area contributed by atoms with Crippen molar-refractivity contribution in [2.45, 2.75) is 38.5 Å². The molecule has 2 aromatic rings. The van der Waals surface area contributed by atoms with Gasteiger partial charge >= 0.3 is 12.0 Å². The van der Waals surface area contributed by atoms with E-state index < -0.39 is 24.0 Å². The minimum Gasteiger partial charge on any atom is -0.488 e. The Kier molecular flexibility index (Phi) is 6.43. The van der Waals surface area contributed by atoms with Crippen molar-refractivity contribution < 1.29 is 28.2 Å². The zero-order valence-electron chi connectivity index (χ0n) is 15.8. The zero-order chi connectivity index (χ0) is 20.8. The molecule has 1 atom stereocenters. The van der Waals surface area contributed by atoms with Gasteiger partial charge in [0.25, 0.3) is 5.91 Å². The number of hydrogen-bond donors (Lipinski definition) is 2. The topological polar surface area (TPSA) is 93.7 Å². The second kappa shape index (κ2) is 9.18. The molecule has 7 nitrogen and oxygen atoms in total. The number of esters is 1. The molecular weight excluding hydrogens is 379 g/mol. The monoisotopic (exact) mass is 400 g/mol. The van der Waals surface area contributed by atoms with E-state index in [2.05, 4.69) is 10.6 Å². The van der Waals surface area contributed by atoms with Crippen LogP contribution in [0.2, 0.25) is 0 Å². The Balaban J connectivity index is 1.57. The summed E-state index contributed by atoms with van der Waals surface area (Å²) in [4.78, 5) is 36.1. The molecule has 0 radical (unpaired) electrons. The highest BCUT2D eigenvalue weighted by Crippen LogP contribution is 2.21. The van der Waals surface area contributed by atoms with E-state index in [1.165, 1.54) is 25.1 Å². The number of urea groups is 1. The molecule has 1 aliphatic carbocycles. The van der Waals surface area contributed by atoms with E-state index >= 15 is 0 Å². The Hall–Kier alpha value is -3.42. The number of nitrogens with one attached hydrogen (secondary N) is 2. The predicted molar refractivity (Wildman–Crippen MR) is 102 cm³/mol. The molecule has 0 aliphatic heterocycles. The minimum absolute atomic E-state index is 0.103. The number of benzene rings is 2. The molecule has 0 heterocycles. The van der Waals surface area contributed by atoms with Crippen LogP contribution >= 0.6 is 0 Å². The summed E-state index contributed by atoms with van der Waals surface area (Å²) in [7, 11) is 0. The van der Waals surface area contributed by atoms with Crippen LogP contribution in [0.15, 0.2) is 48.5 Å². The maximum Gasteiger partial charge on any atom is 0.342 e. The van der Waals surface area contributed by atoms with E-state index in [-0.39, 0.29) is 29.8 Å². The van der Waals surface area contributed by atoms with E-state index in [1.54, 1.807) is 30.3 Å². The Bertz CT molecular complexity index is 896. The van der Waals surface area contributed by atoms with E-state index in [0.717, 1.165) is 18.4 Å². The van der Waals surface area contributed by atoms with E-state index in [4.69, 9.17) is 9.47 Å². The third-order valence-corrected chi connectivity index (χ3v) is 4.22. The first kappa shape index (κ1) is 20.3. The van der Waals surface area contributed by atoms with Gasteiger partial charge in [-0.1, -0.05) is 24.3 Å². The number of halogens is 1. The van der Waals surface area contributed by atoms with Crippen molar-refractivity contribution in [1.29, 1.82) is 0 Å². The lowest BCUT2D eigenvalue weighted by molar-refractivity contribution is -0.127. The molecule has 1 fully saturated rings. The fraction of sp³-hybridized carbons (Fsp3) is 0.286. The number of para-hydroxylation sites is 1. The number of imide groups is 1. The van der Waals surface area contributed by atoms with Crippen LogP contribution in [-0.2, 0) is 16.1 Å².